The van der Waals surface area contributed by atoms with Gasteiger partial charge >= 0.3 is 0 Å². The van der Waals surface area contributed by atoms with Crippen LogP contribution < -0.4 is 14.9 Å². The van der Waals surface area contributed by atoms with E-state index in [1.165, 1.54) is 5.56 Å². The number of fused-ring (bicyclic) bond motifs is 1. The van der Waals surface area contributed by atoms with Gasteiger partial charge in [0.2, 0.25) is 0 Å². The van der Waals surface area contributed by atoms with Crippen LogP contribution in [0.3, 0.4) is 0 Å². The summed E-state index contributed by atoms with van der Waals surface area (Å²) in [6.07, 6.45) is 1.78. The fraction of sp³-hybridized carbons (Fsp3) is 0.219. The molecule has 0 atom stereocenters. The number of para-hydroxylation sites is 1. The molecule has 0 unspecified atom stereocenters. The number of aromatic nitrogens is 1. The molecule has 0 bridgehead atoms. The van der Waals surface area contributed by atoms with Crippen LogP contribution in [-0.4, -0.2) is 35.8 Å². The molecule has 0 fully saturated rings. The highest BCUT2D eigenvalue weighted by atomic mass is 35.5. The number of methoxy groups -OCH3 is 2. The van der Waals surface area contributed by atoms with Crippen molar-refractivity contribution in [2.24, 2.45) is 0 Å². The number of aliphatic hydroxyl groups excluding tert-OH is 1. The fourth-order valence-corrected chi connectivity index (χ4v) is 6.24. The van der Waals surface area contributed by atoms with Crippen molar-refractivity contribution in [3.8, 4) is 21.9 Å². The topological polar surface area (TPSA) is 63.9 Å². The molecule has 1 N–H and O–H groups in total. The maximum Gasteiger partial charge on any atom is 0.196 e. The number of nitrogens with zero attached hydrogens (tertiary/aromatic N) is 2. The van der Waals surface area contributed by atoms with E-state index in [4.69, 9.17) is 9.47 Å². The van der Waals surface area contributed by atoms with Gasteiger partial charge in [0.05, 0.1) is 32.8 Å². The lowest BCUT2D eigenvalue weighted by atomic mass is 10.0. The van der Waals surface area contributed by atoms with Crippen molar-refractivity contribution in [2.75, 3.05) is 21.3 Å². The summed E-state index contributed by atoms with van der Waals surface area (Å²) in [4.78, 5) is 17.9. The van der Waals surface area contributed by atoms with Gasteiger partial charge in [-0.15, -0.1) is 23.7 Å². The Balaban J connectivity index is 0.00000370. The maximum atomic E-state index is 13.8. The number of hydrogen-bond acceptors (Lipinski definition) is 6. The number of pyridine rings is 1. The predicted molar refractivity (Wildman–Crippen MR) is 165 cm³/mol. The van der Waals surface area contributed by atoms with Crippen LogP contribution in [-0.2, 0) is 26.2 Å². The van der Waals surface area contributed by atoms with Crippen LogP contribution in [0.15, 0.2) is 89.9 Å². The molecule has 40 heavy (non-hydrogen) atoms. The summed E-state index contributed by atoms with van der Waals surface area (Å²) in [5.41, 5.74) is 4.44. The van der Waals surface area contributed by atoms with Gasteiger partial charge in [-0.3, -0.25) is 9.69 Å². The summed E-state index contributed by atoms with van der Waals surface area (Å²) in [5.74, 6) is 1.56. The van der Waals surface area contributed by atoms with Gasteiger partial charge in [-0.05, 0) is 54.1 Å². The number of halogens is 1. The Morgan fingerprint density at radius 2 is 1.57 bits per heavy atom. The van der Waals surface area contributed by atoms with E-state index in [2.05, 4.69) is 28.6 Å². The lowest BCUT2D eigenvalue weighted by Crippen LogP contribution is -2.20. The van der Waals surface area contributed by atoms with Gasteiger partial charge in [-0.1, -0.05) is 48.5 Å². The SMILES string of the molecule is COc1ccc(-c2sc3c(c2CN(C)Cc2ccccc2)c(=O)c(CO)cn3Cc2ccccc2OC)cc1.Cl. The van der Waals surface area contributed by atoms with Crippen LogP contribution in [0.2, 0.25) is 0 Å². The third-order valence-electron chi connectivity index (χ3n) is 6.86. The Labute approximate surface area is 244 Å². The second-order valence-electron chi connectivity index (χ2n) is 9.56. The number of rotatable bonds is 10. The van der Waals surface area contributed by atoms with Gasteiger partial charge in [0.15, 0.2) is 5.43 Å². The minimum atomic E-state index is -0.326. The summed E-state index contributed by atoms with van der Waals surface area (Å²) in [6.45, 7) is 1.51. The summed E-state index contributed by atoms with van der Waals surface area (Å²) >= 11 is 1.60. The summed E-state index contributed by atoms with van der Waals surface area (Å²) < 4.78 is 13.1. The Bertz CT molecular complexity index is 1630. The van der Waals surface area contributed by atoms with E-state index in [0.717, 1.165) is 44.4 Å². The molecular weight excluding hydrogens is 544 g/mol. The van der Waals surface area contributed by atoms with Gasteiger partial charge in [0.25, 0.3) is 0 Å². The first kappa shape index (κ1) is 29.4. The molecule has 5 rings (SSSR count). The number of thiophene rings is 1. The number of hydrogen-bond donors (Lipinski definition) is 1. The van der Waals surface area contributed by atoms with Crippen LogP contribution in [0.1, 0.15) is 22.3 Å². The molecular formula is C32H33ClN2O4S. The van der Waals surface area contributed by atoms with Crippen LogP contribution >= 0.6 is 23.7 Å². The number of benzene rings is 3. The average Bonchev–Trinajstić information content (AvgIpc) is 3.34. The zero-order valence-corrected chi connectivity index (χ0v) is 24.4. The lowest BCUT2D eigenvalue weighted by molar-refractivity contribution is 0.280. The largest absolute Gasteiger partial charge is 0.497 e. The Hall–Kier alpha value is -3.62. The lowest BCUT2D eigenvalue weighted by Gasteiger charge is -2.18. The molecule has 0 saturated carbocycles. The Morgan fingerprint density at radius 3 is 2.25 bits per heavy atom. The first-order chi connectivity index (χ1) is 19.0. The van der Waals surface area contributed by atoms with Crippen LogP contribution in [0, 0.1) is 0 Å². The number of aliphatic hydroxyl groups is 1. The molecule has 3 aromatic carbocycles. The van der Waals surface area contributed by atoms with E-state index < -0.39 is 0 Å². The molecule has 208 valence electrons. The van der Waals surface area contributed by atoms with E-state index in [1.54, 1.807) is 31.8 Å². The molecule has 6 nitrogen and oxygen atoms in total. The predicted octanol–water partition coefficient (Wildman–Crippen LogP) is 6.34. The van der Waals surface area contributed by atoms with Crippen molar-refractivity contribution in [3.05, 3.63) is 118 Å². The van der Waals surface area contributed by atoms with Gasteiger partial charge in [-0.25, -0.2) is 0 Å². The van der Waals surface area contributed by atoms with Crippen molar-refractivity contribution in [1.82, 2.24) is 9.47 Å². The molecule has 2 heterocycles. The first-order valence-corrected chi connectivity index (χ1v) is 13.6. The Morgan fingerprint density at radius 1 is 0.875 bits per heavy atom. The molecule has 0 saturated heterocycles. The van der Waals surface area contributed by atoms with Gasteiger partial charge in [0, 0.05) is 35.3 Å². The normalized spacial score (nSPS) is 11.0. The number of ether oxygens (including phenoxy) is 2. The molecule has 8 heteroatoms. The monoisotopic (exact) mass is 576 g/mol. The van der Waals surface area contributed by atoms with Gasteiger partial charge < -0.3 is 19.1 Å². The zero-order chi connectivity index (χ0) is 27.4. The summed E-state index contributed by atoms with van der Waals surface area (Å²) in [7, 11) is 5.38. The van der Waals surface area contributed by atoms with E-state index in [0.29, 0.717) is 24.0 Å². The van der Waals surface area contributed by atoms with Crippen molar-refractivity contribution >= 4 is 34.0 Å². The van der Waals surface area contributed by atoms with E-state index in [-0.39, 0.29) is 24.4 Å². The van der Waals surface area contributed by atoms with Crippen molar-refractivity contribution in [3.63, 3.8) is 0 Å². The van der Waals surface area contributed by atoms with E-state index in [1.807, 2.05) is 66.7 Å². The van der Waals surface area contributed by atoms with Crippen LogP contribution in [0.5, 0.6) is 11.5 Å². The molecule has 0 spiro atoms. The van der Waals surface area contributed by atoms with Crippen molar-refractivity contribution in [1.29, 1.82) is 0 Å². The second kappa shape index (κ2) is 13.2. The third kappa shape index (κ3) is 6.08. The maximum absolute atomic E-state index is 13.8. The summed E-state index contributed by atoms with van der Waals surface area (Å²) in [5, 5.41) is 10.8. The minimum Gasteiger partial charge on any atom is -0.497 e. The zero-order valence-electron chi connectivity index (χ0n) is 22.8. The highest BCUT2D eigenvalue weighted by Gasteiger charge is 2.22. The van der Waals surface area contributed by atoms with E-state index in [9.17, 15) is 9.90 Å². The van der Waals surface area contributed by atoms with Gasteiger partial charge in [0.1, 0.15) is 16.3 Å². The van der Waals surface area contributed by atoms with Crippen LogP contribution in [0.25, 0.3) is 20.7 Å². The first-order valence-electron chi connectivity index (χ1n) is 12.8. The second-order valence-corrected chi connectivity index (χ2v) is 10.6. The molecule has 0 amide bonds. The van der Waals surface area contributed by atoms with E-state index >= 15 is 0 Å². The highest BCUT2D eigenvalue weighted by molar-refractivity contribution is 7.22. The smallest absolute Gasteiger partial charge is 0.196 e. The average molecular weight is 577 g/mol. The summed E-state index contributed by atoms with van der Waals surface area (Å²) in [6, 6.07) is 26.1. The molecule has 2 aromatic heterocycles. The van der Waals surface area contributed by atoms with Gasteiger partial charge in [-0.2, -0.15) is 0 Å². The third-order valence-corrected chi connectivity index (χ3v) is 8.18. The standard InChI is InChI=1S/C32H32N2O4S.ClH/c1-33(17-22-9-5-4-6-10-22)20-27-29-30(36)25(21-35)19-34(18-24-11-7-8-12-28(24)38-3)32(29)39-31(27)23-13-15-26(37-2)16-14-23;/h4-16,19,35H,17-18,20-21H2,1-3H3;1H. The van der Waals surface area contributed by atoms with Crippen molar-refractivity contribution < 1.29 is 14.6 Å². The molecule has 5 aromatic rings. The fourth-order valence-electron chi connectivity index (χ4n) is 4.95. The molecule has 0 aliphatic heterocycles. The Kier molecular flexibility index (Phi) is 9.66. The van der Waals surface area contributed by atoms with Crippen LogP contribution in [0.4, 0.5) is 0 Å². The quantitative estimate of drug-likeness (QED) is 0.210. The molecule has 0 aliphatic carbocycles. The minimum absolute atomic E-state index is 0. The molecule has 0 radical (unpaired) electrons. The van der Waals surface area contributed by atoms with Crippen molar-refractivity contribution in [2.45, 2.75) is 26.2 Å². The highest BCUT2D eigenvalue weighted by Crippen LogP contribution is 2.39. The molecule has 0 aliphatic rings.